The van der Waals surface area contributed by atoms with Gasteiger partial charge in [0.05, 0.1) is 5.56 Å². The molecule has 5 rings (SSSR count). The van der Waals surface area contributed by atoms with Gasteiger partial charge in [-0.25, -0.2) is 0 Å². The Bertz CT molecular complexity index is 808. The van der Waals surface area contributed by atoms with Crippen molar-refractivity contribution in [3.63, 3.8) is 0 Å². The van der Waals surface area contributed by atoms with Gasteiger partial charge in [-0.1, -0.05) is 60.7 Å². The van der Waals surface area contributed by atoms with Crippen LogP contribution in [0.4, 0.5) is 0 Å². The molecule has 0 aliphatic carbocycles. The van der Waals surface area contributed by atoms with Crippen molar-refractivity contribution in [2.75, 3.05) is 0 Å². The van der Waals surface area contributed by atoms with Gasteiger partial charge in [0, 0.05) is 11.6 Å². The van der Waals surface area contributed by atoms with Gasteiger partial charge in [-0.15, -0.1) is 0 Å². The van der Waals surface area contributed by atoms with Crippen molar-refractivity contribution in [1.82, 2.24) is 0 Å². The number of rotatable bonds is 4. The van der Waals surface area contributed by atoms with Crippen LogP contribution in [0.1, 0.15) is 11.1 Å². The zero-order valence-corrected chi connectivity index (χ0v) is 12.1. The third-order valence-electron chi connectivity index (χ3n) is 4.11. The molecule has 0 unspecified atom stereocenters. The van der Waals surface area contributed by atoms with E-state index in [1.165, 1.54) is 5.56 Å². The topological polar surface area (TPSA) is 29.5 Å². The minimum Gasteiger partial charge on any atom is -0.507 e. The Morgan fingerprint density at radius 3 is 2.23 bits per heavy atom. The van der Waals surface area contributed by atoms with Crippen molar-refractivity contribution in [3.8, 4) is 28.4 Å². The second kappa shape index (κ2) is 5.23. The van der Waals surface area contributed by atoms with Gasteiger partial charge in [0.15, 0.2) is 0 Å². The fourth-order valence-electron chi connectivity index (χ4n) is 2.95. The molecule has 0 spiro atoms. The SMILES string of the molecule is Oc1cc2c(-c3ccccc3)c(c1CCc1ccccc1)O2. The third-order valence-corrected chi connectivity index (χ3v) is 4.11. The number of aryl methyl sites for hydroxylation is 1. The number of benzene rings is 3. The summed E-state index contributed by atoms with van der Waals surface area (Å²) in [5.41, 5.74) is 4.41. The van der Waals surface area contributed by atoms with Crippen LogP contribution in [0.15, 0.2) is 66.7 Å². The Morgan fingerprint density at radius 1 is 0.818 bits per heavy atom. The summed E-state index contributed by atoms with van der Waals surface area (Å²) in [5, 5.41) is 10.2. The van der Waals surface area contributed by atoms with Crippen molar-refractivity contribution in [1.29, 1.82) is 0 Å². The predicted octanol–water partition coefficient (Wildman–Crippen LogP) is 4.95. The smallest absolute Gasteiger partial charge is 0.145 e. The molecule has 0 saturated heterocycles. The van der Waals surface area contributed by atoms with Gasteiger partial charge in [-0.2, -0.15) is 0 Å². The minimum absolute atomic E-state index is 0.340. The maximum Gasteiger partial charge on any atom is 0.145 e. The van der Waals surface area contributed by atoms with Gasteiger partial charge in [0.1, 0.15) is 17.2 Å². The third kappa shape index (κ3) is 2.13. The van der Waals surface area contributed by atoms with Gasteiger partial charge in [0.25, 0.3) is 0 Å². The normalized spacial score (nSPS) is 11.6. The molecule has 2 aliphatic heterocycles. The standard InChI is InChI=1S/C20H16O2/c21-17-13-18-19(15-9-5-2-6-10-15)20(22-18)16(17)12-11-14-7-3-1-4-8-14/h1-10,13,21H,11-12H2. The van der Waals surface area contributed by atoms with E-state index in [9.17, 15) is 5.11 Å². The first kappa shape index (κ1) is 13.0. The van der Waals surface area contributed by atoms with Crippen LogP contribution in [0.2, 0.25) is 0 Å². The molecule has 0 amide bonds. The van der Waals surface area contributed by atoms with E-state index in [2.05, 4.69) is 24.3 Å². The second-order valence-electron chi connectivity index (χ2n) is 5.53. The van der Waals surface area contributed by atoms with Crippen LogP contribution in [0.5, 0.6) is 17.2 Å². The highest BCUT2D eigenvalue weighted by Crippen LogP contribution is 2.55. The molecular formula is C20H16O2. The molecule has 1 N–H and O–H groups in total. The lowest BCUT2D eigenvalue weighted by Crippen LogP contribution is -2.07. The van der Waals surface area contributed by atoms with Gasteiger partial charge in [-0.05, 0) is 24.0 Å². The van der Waals surface area contributed by atoms with Gasteiger partial charge in [0.2, 0.25) is 0 Å². The van der Waals surface area contributed by atoms with Crippen LogP contribution in [-0.4, -0.2) is 5.11 Å². The summed E-state index contributed by atoms with van der Waals surface area (Å²) in [6.07, 6.45) is 1.66. The van der Waals surface area contributed by atoms with Crippen LogP contribution in [0.3, 0.4) is 0 Å². The average molecular weight is 288 g/mol. The highest BCUT2D eigenvalue weighted by atomic mass is 16.5. The highest BCUT2D eigenvalue weighted by molar-refractivity contribution is 5.86. The zero-order valence-electron chi connectivity index (χ0n) is 12.1. The molecule has 0 atom stereocenters. The molecule has 2 heterocycles. The van der Waals surface area contributed by atoms with Crippen molar-refractivity contribution in [3.05, 3.63) is 77.9 Å². The molecule has 2 bridgehead atoms. The van der Waals surface area contributed by atoms with Crippen LogP contribution in [0.25, 0.3) is 11.1 Å². The summed E-state index contributed by atoms with van der Waals surface area (Å²) in [6, 6.07) is 22.2. The first-order chi connectivity index (χ1) is 10.8. The van der Waals surface area contributed by atoms with E-state index in [0.29, 0.717) is 5.75 Å². The van der Waals surface area contributed by atoms with E-state index in [4.69, 9.17) is 4.74 Å². The lowest BCUT2D eigenvalue weighted by molar-refractivity contribution is 0.403. The molecule has 0 aromatic heterocycles. The second-order valence-corrected chi connectivity index (χ2v) is 5.53. The molecular weight excluding hydrogens is 272 g/mol. The maximum absolute atomic E-state index is 10.2. The molecule has 22 heavy (non-hydrogen) atoms. The molecule has 108 valence electrons. The molecule has 3 aromatic carbocycles. The maximum atomic E-state index is 10.2. The average Bonchev–Trinajstić information content (AvgIpc) is 2.55. The van der Waals surface area contributed by atoms with Crippen LogP contribution in [0, 0.1) is 0 Å². The van der Waals surface area contributed by atoms with E-state index >= 15 is 0 Å². The molecule has 2 aliphatic rings. The summed E-state index contributed by atoms with van der Waals surface area (Å²) in [4.78, 5) is 0. The number of aromatic hydroxyl groups is 1. The summed E-state index contributed by atoms with van der Waals surface area (Å²) >= 11 is 0. The fraction of sp³-hybridized carbons (Fsp3) is 0.100. The molecule has 0 radical (unpaired) electrons. The number of phenols is 1. The fourth-order valence-corrected chi connectivity index (χ4v) is 2.95. The molecule has 3 aromatic rings. The van der Waals surface area contributed by atoms with Crippen LogP contribution >= 0.6 is 0 Å². The molecule has 2 nitrogen and oxygen atoms in total. The lowest BCUT2D eigenvalue weighted by atomic mass is 9.92. The van der Waals surface area contributed by atoms with Crippen LogP contribution < -0.4 is 4.74 Å². The van der Waals surface area contributed by atoms with Gasteiger partial charge in [-0.3, -0.25) is 0 Å². The monoisotopic (exact) mass is 288 g/mol. The highest BCUT2D eigenvalue weighted by Gasteiger charge is 2.29. The van der Waals surface area contributed by atoms with Gasteiger partial charge < -0.3 is 9.84 Å². The first-order valence-corrected chi connectivity index (χ1v) is 7.49. The number of hydrogen-bond donors (Lipinski definition) is 1. The Balaban J connectivity index is 1.66. The van der Waals surface area contributed by atoms with Crippen LogP contribution in [-0.2, 0) is 12.8 Å². The van der Waals surface area contributed by atoms with E-state index in [1.807, 2.05) is 36.4 Å². The van der Waals surface area contributed by atoms with E-state index < -0.39 is 0 Å². The Hall–Kier alpha value is -2.74. The van der Waals surface area contributed by atoms with Crippen molar-refractivity contribution in [2.24, 2.45) is 0 Å². The van der Waals surface area contributed by atoms with Crippen molar-refractivity contribution in [2.45, 2.75) is 12.8 Å². The number of phenolic OH excluding ortho intramolecular Hbond substituents is 1. The lowest BCUT2D eigenvalue weighted by Gasteiger charge is -2.28. The zero-order chi connectivity index (χ0) is 14.9. The number of hydrogen-bond acceptors (Lipinski definition) is 2. The summed E-state index contributed by atoms with van der Waals surface area (Å²) in [6.45, 7) is 0. The largest absolute Gasteiger partial charge is 0.507 e. The minimum atomic E-state index is 0.340. The van der Waals surface area contributed by atoms with Gasteiger partial charge >= 0.3 is 0 Å². The molecule has 0 saturated carbocycles. The summed E-state index contributed by atoms with van der Waals surface area (Å²) in [5.74, 6) is 1.94. The molecule has 0 fully saturated rings. The van der Waals surface area contributed by atoms with E-state index in [1.54, 1.807) is 6.07 Å². The van der Waals surface area contributed by atoms with Crippen molar-refractivity contribution < 1.29 is 9.84 Å². The Kier molecular flexibility index (Phi) is 3.08. The Labute approximate surface area is 129 Å². The van der Waals surface area contributed by atoms with Crippen molar-refractivity contribution >= 4 is 0 Å². The van der Waals surface area contributed by atoms with E-state index in [0.717, 1.165) is 41.0 Å². The summed E-state index contributed by atoms with van der Waals surface area (Å²) in [7, 11) is 0. The number of fused-ring (bicyclic) bond motifs is 2. The van der Waals surface area contributed by atoms with E-state index in [-0.39, 0.29) is 0 Å². The number of ether oxygens (including phenoxy) is 1. The quantitative estimate of drug-likeness (QED) is 0.575. The first-order valence-electron chi connectivity index (χ1n) is 7.49. The predicted molar refractivity (Wildman–Crippen MR) is 87.5 cm³/mol. The molecule has 2 heteroatoms. The Morgan fingerprint density at radius 2 is 1.50 bits per heavy atom. The summed E-state index contributed by atoms with van der Waals surface area (Å²) < 4.78 is 5.74.